The number of hydrogen-bond acceptors (Lipinski definition) is 4. The Labute approximate surface area is 96.1 Å². The number of hydrogen-bond donors (Lipinski definition) is 3. The van der Waals surface area contributed by atoms with E-state index in [1.165, 1.54) is 0 Å². The van der Waals surface area contributed by atoms with Gasteiger partial charge in [0.15, 0.2) is 0 Å². The lowest BCUT2D eigenvalue weighted by Crippen LogP contribution is -2.42. The SMILES string of the molecule is COCCNCC(=O)NCC(=O)NC(C)C. The van der Waals surface area contributed by atoms with Crippen LogP contribution < -0.4 is 16.0 Å². The first kappa shape index (κ1) is 14.9. The Kier molecular flexibility index (Phi) is 8.46. The molecule has 0 rings (SSSR count). The summed E-state index contributed by atoms with van der Waals surface area (Å²) in [5.74, 6) is -0.379. The van der Waals surface area contributed by atoms with E-state index >= 15 is 0 Å². The van der Waals surface area contributed by atoms with Crippen LogP contribution >= 0.6 is 0 Å². The molecule has 0 bridgehead atoms. The lowest BCUT2D eigenvalue weighted by molar-refractivity contribution is -0.125. The van der Waals surface area contributed by atoms with Crippen molar-refractivity contribution in [3.63, 3.8) is 0 Å². The maximum atomic E-state index is 11.2. The van der Waals surface area contributed by atoms with Gasteiger partial charge in [-0.2, -0.15) is 0 Å². The van der Waals surface area contributed by atoms with Crippen molar-refractivity contribution < 1.29 is 14.3 Å². The molecule has 3 N–H and O–H groups in total. The molecular formula is C10H21N3O3. The van der Waals surface area contributed by atoms with E-state index in [2.05, 4.69) is 16.0 Å². The highest BCUT2D eigenvalue weighted by Gasteiger charge is 2.05. The zero-order valence-electron chi connectivity index (χ0n) is 10.1. The predicted octanol–water partition coefficient (Wildman–Crippen LogP) is -1.14. The summed E-state index contributed by atoms with van der Waals surface area (Å²) >= 11 is 0. The second-order valence-electron chi connectivity index (χ2n) is 3.67. The molecule has 0 aromatic heterocycles. The molecule has 6 heteroatoms. The Morgan fingerprint density at radius 3 is 2.44 bits per heavy atom. The van der Waals surface area contributed by atoms with Gasteiger partial charge in [-0.25, -0.2) is 0 Å². The van der Waals surface area contributed by atoms with Gasteiger partial charge in [0.05, 0.1) is 19.7 Å². The molecule has 94 valence electrons. The monoisotopic (exact) mass is 231 g/mol. The topological polar surface area (TPSA) is 79.5 Å². The van der Waals surface area contributed by atoms with Gasteiger partial charge in [0.1, 0.15) is 0 Å². The third kappa shape index (κ3) is 9.42. The lowest BCUT2D eigenvalue weighted by atomic mass is 10.4. The number of carbonyl (C=O) groups excluding carboxylic acids is 2. The normalized spacial score (nSPS) is 10.2. The Morgan fingerprint density at radius 2 is 1.88 bits per heavy atom. The molecule has 0 spiro atoms. The van der Waals surface area contributed by atoms with Gasteiger partial charge in [-0.3, -0.25) is 9.59 Å². The van der Waals surface area contributed by atoms with Crippen LogP contribution in [0.4, 0.5) is 0 Å². The molecule has 0 aromatic rings. The van der Waals surface area contributed by atoms with Crippen molar-refractivity contribution in [2.24, 2.45) is 0 Å². The molecule has 0 saturated carbocycles. The molecule has 0 aromatic carbocycles. The van der Waals surface area contributed by atoms with Crippen molar-refractivity contribution in [3.05, 3.63) is 0 Å². The fourth-order valence-corrected chi connectivity index (χ4v) is 0.991. The molecule has 0 atom stereocenters. The first-order valence-corrected chi connectivity index (χ1v) is 5.32. The highest BCUT2D eigenvalue weighted by molar-refractivity contribution is 5.85. The van der Waals surface area contributed by atoms with Crippen molar-refractivity contribution in [2.45, 2.75) is 19.9 Å². The Balaban J connectivity index is 3.46. The fourth-order valence-electron chi connectivity index (χ4n) is 0.991. The van der Waals surface area contributed by atoms with Gasteiger partial charge < -0.3 is 20.7 Å². The number of nitrogens with one attached hydrogen (secondary N) is 3. The van der Waals surface area contributed by atoms with E-state index < -0.39 is 0 Å². The Hall–Kier alpha value is -1.14. The van der Waals surface area contributed by atoms with Crippen molar-refractivity contribution in [1.29, 1.82) is 0 Å². The number of methoxy groups -OCH3 is 1. The van der Waals surface area contributed by atoms with Crippen LogP contribution in [0.3, 0.4) is 0 Å². The molecule has 0 saturated heterocycles. The average Bonchev–Trinajstić information content (AvgIpc) is 2.20. The number of carbonyl (C=O) groups is 2. The van der Waals surface area contributed by atoms with Crippen LogP contribution in [0, 0.1) is 0 Å². The third-order valence-corrected chi connectivity index (χ3v) is 1.66. The van der Waals surface area contributed by atoms with E-state index in [1.807, 2.05) is 13.8 Å². The van der Waals surface area contributed by atoms with E-state index in [-0.39, 0.29) is 30.9 Å². The second kappa shape index (κ2) is 9.11. The Morgan fingerprint density at radius 1 is 1.19 bits per heavy atom. The molecule has 0 aliphatic heterocycles. The molecule has 0 aliphatic carbocycles. The van der Waals surface area contributed by atoms with Crippen LogP contribution in [0.1, 0.15) is 13.8 Å². The summed E-state index contributed by atoms with van der Waals surface area (Å²) in [7, 11) is 1.60. The van der Waals surface area contributed by atoms with Gasteiger partial charge in [-0.05, 0) is 13.8 Å². The van der Waals surface area contributed by atoms with E-state index in [4.69, 9.17) is 4.74 Å². The van der Waals surface area contributed by atoms with Crippen LogP contribution in [0.25, 0.3) is 0 Å². The van der Waals surface area contributed by atoms with Gasteiger partial charge in [0.25, 0.3) is 0 Å². The average molecular weight is 231 g/mol. The summed E-state index contributed by atoms with van der Waals surface area (Å²) in [6.07, 6.45) is 0. The molecule has 0 unspecified atom stereocenters. The molecule has 16 heavy (non-hydrogen) atoms. The largest absolute Gasteiger partial charge is 0.383 e. The number of ether oxygens (including phenoxy) is 1. The fraction of sp³-hybridized carbons (Fsp3) is 0.800. The van der Waals surface area contributed by atoms with E-state index in [0.29, 0.717) is 13.2 Å². The van der Waals surface area contributed by atoms with Gasteiger partial charge in [-0.1, -0.05) is 0 Å². The Bertz CT molecular complexity index is 219. The standard InChI is InChI=1S/C10H21N3O3/c1-8(2)13-10(15)7-12-9(14)6-11-4-5-16-3/h8,11H,4-7H2,1-3H3,(H,12,14)(H,13,15). The van der Waals surface area contributed by atoms with Gasteiger partial charge in [0.2, 0.25) is 11.8 Å². The summed E-state index contributed by atoms with van der Waals surface area (Å²) in [6.45, 7) is 5.11. The smallest absolute Gasteiger partial charge is 0.239 e. The maximum absolute atomic E-state index is 11.2. The first-order valence-electron chi connectivity index (χ1n) is 5.32. The van der Waals surface area contributed by atoms with Crippen LogP contribution in [-0.2, 0) is 14.3 Å². The summed E-state index contributed by atoms with van der Waals surface area (Å²) in [6, 6.07) is 0.0873. The molecule has 0 radical (unpaired) electrons. The molecule has 6 nitrogen and oxygen atoms in total. The second-order valence-corrected chi connectivity index (χ2v) is 3.67. The minimum Gasteiger partial charge on any atom is -0.383 e. The van der Waals surface area contributed by atoms with Crippen LogP contribution in [0.5, 0.6) is 0 Å². The molecular weight excluding hydrogens is 210 g/mol. The summed E-state index contributed by atoms with van der Waals surface area (Å²) < 4.78 is 4.81. The highest BCUT2D eigenvalue weighted by Crippen LogP contribution is 1.75. The minimum absolute atomic E-state index is 0.0168. The van der Waals surface area contributed by atoms with Crippen molar-refractivity contribution in [2.75, 3.05) is 33.4 Å². The van der Waals surface area contributed by atoms with Crippen molar-refractivity contribution >= 4 is 11.8 Å². The first-order chi connectivity index (χ1) is 7.56. The van der Waals surface area contributed by atoms with E-state index in [9.17, 15) is 9.59 Å². The van der Waals surface area contributed by atoms with Crippen LogP contribution in [0.2, 0.25) is 0 Å². The zero-order valence-corrected chi connectivity index (χ0v) is 10.1. The maximum Gasteiger partial charge on any atom is 0.239 e. The van der Waals surface area contributed by atoms with Crippen molar-refractivity contribution in [1.82, 2.24) is 16.0 Å². The van der Waals surface area contributed by atoms with Gasteiger partial charge >= 0.3 is 0 Å². The number of amides is 2. The molecule has 0 aliphatic rings. The third-order valence-electron chi connectivity index (χ3n) is 1.66. The molecule has 0 fully saturated rings. The van der Waals surface area contributed by atoms with Gasteiger partial charge in [0, 0.05) is 19.7 Å². The van der Waals surface area contributed by atoms with Crippen LogP contribution in [0.15, 0.2) is 0 Å². The van der Waals surface area contributed by atoms with Crippen LogP contribution in [-0.4, -0.2) is 51.2 Å². The molecule has 2 amide bonds. The van der Waals surface area contributed by atoms with E-state index in [0.717, 1.165) is 0 Å². The zero-order chi connectivity index (χ0) is 12.4. The highest BCUT2D eigenvalue weighted by atomic mass is 16.5. The quantitative estimate of drug-likeness (QED) is 0.462. The summed E-state index contributed by atoms with van der Waals surface area (Å²) in [5, 5.41) is 8.07. The summed E-state index contributed by atoms with van der Waals surface area (Å²) in [4.78, 5) is 22.4. The lowest BCUT2D eigenvalue weighted by Gasteiger charge is -2.09. The number of rotatable bonds is 8. The summed E-state index contributed by atoms with van der Waals surface area (Å²) in [5.41, 5.74) is 0. The van der Waals surface area contributed by atoms with Crippen molar-refractivity contribution in [3.8, 4) is 0 Å². The molecule has 0 heterocycles. The predicted molar refractivity (Wildman–Crippen MR) is 61.0 cm³/mol. The van der Waals surface area contributed by atoms with E-state index in [1.54, 1.807) is 7.11 Å². The van der Waals surface area contributed by atoms with Gasteiger partial charge in [-0.15, -0.1) is 0 Å². The minimum atomic E-state index is -0.199.